The monoisotopic (exact) mass is 328 g/mol. The van der Waals surface area contributed by atoms with Crippen LogP contribution in [0.1, 0.15) is 29.8 Å². The minimum Gasteiger partial charge on any atom is -0.459 e. The molecule has 1 aliphatic heterocycles. The molecule has 0 saturated carbocycles. The second kappa shape index (κ2) is 7.63. The number of nitrogens with zero attached hydrogens (tertiary/aromatic N) is 2. The van der Waals surface area contributed by atoms with Crippen LogP contribution in [-0.4, -0.2) is 36.4 Å². The maximum atomic E-state index is 11.9. The first-order valence-electron chi connectivity index (χ1n) is 8.05. The molecule has 7 heteroatoms. The molecule has 0 unspecified atom stereocenters. The molecule has 1 saturated heterocycles. The first kappa shape index (κ1) is 16.0. The molecular formula is C17H20N4O3. The highest BCUT2D eigenvalue weighted by Gasteiger charge is 2.13. The predicted molar refractivity (Wildman–Crippen MR) is 90.0 cm³/mol. The highest BCUT2D eigenvalue weighted by Crippen LogP contribution is 2.19. The number of pyridine rings is 1. The lowest BCUT2D eigenvalue weighted by Crippen LogP contribution is -2.27. The molecule has 0 atom stereocenters. The van der Waals surface area contributed by atoms with Crippen LogP contribution < -0.4 is 15.5 Å². The summed E-state index contributed by atoms with van der Waals surface area (Å²) in [5, 5.41) is 5.41. The Kier molecular flexibility index (Phi) is 5.10. The van der Waals surface area contributed by atoms with Gasteiger partial charge in [-0.2, -0.15) is 0 Å². The summed E-state index contributed by atoms with van der Waals surface area (Å²) in [4.78, 5) is 30.2. The Bertz CT molecular complexity index is 676. The zero-order chi connectivity index (χ0) is 16.8. The Morgan fingerprint density at radius 3 is 2.71 bits per heavy atom. The highest BCUT2D eigenvalue weighted by atomic mass is 16.3. The summed E-state index contributed by atoms with van der Waals surface area (Å²) in [7, 11) is 0. The van der Waals surface area contributed by atoms with Crippen molar-refractivity contribution in [3.05, 3.63) is 42.5 Å². The molecule has 1 aliphatic rings. The number of furan rings is 1. The number of aromatic nitrogens is 1. The molecular weight excluding hydrogens is 308 g/mol. The summed E-state index contributed by atoms with van der Waals surface area (Å²) in [6, 6.07) is 6.98. The summed E-state index contributed by atoms with van der Waals surface area (Å²) in [6.07, 6.45) is 5.67. The van der Waals surface area contributed by atoms with Crippen LogP contribution in [0.5, 0.6) is 0 Å². The number of anilines is 2. The normalized spacial score (nSPS) is 13.8. The third kappa shape index (κ3) is 4.13. The van der Waals surface area contributed by atoms with Gasteiger partial charge in [0.2, 0.25) is 5.91 Å². The average molecular weight is 328 g/mol. The van der Waals surface area contributed by atoms with Crippen molar-refractivity contribution in [1.82, 2.24) is 10.3 Å². The van der Waals surface area contributed by atoms with Gasteiger partial charge in [0.25, 0.3) is 5.91 Å². The molecule has 0 spiro atoms. The van der Waals surface area contributed by atoms with Gasteiger partial charge in [-0.25, -0.2) is 4.98 Å². The maximum Gasteiger partial charge on any atom is 0.286 e. The van der Waals surface area contributed by atoms with Crippen LogP contribution in [0.4, 0.5) is 11.5 Å². The minimum atomic E-state index is -0.329. The molecule has 2 aromatic heterocycles. The van der Waals surface area contributed by atoms with Crippen LogP contribution in [0.25, 0.3) is 0 Å². The molecule has 0 radical (unpaired) electrons. The number of carbonyl (C=O) groups excluding carboxylic acids is 2. The zero-order valence-corrected chi connectivity index (χ0v) is 13.3. The van der Waals surface area contributed by atoms with E-state index in [2.05, 4.69) is 20.5 Å². The molecule has 24 heavy (non-hydrogen) atoms. The zero-order valence-electron chi connectivity index (χ0n) is 13.3. The summed E-state index contributed by atoms with van der Waals surface area (Å²) in [5.74, 6) is 0.670. The number of carbonyl (C=O) groups is 2. The standard InChI is InChI=1S/C17H20N4O3/c22-16(7-8-18-17(23)14-4-3-11-24-14)20-13-5-6-15(19-12-13)21-9-1-2-10-21/h3-6,11-12H,1-2,7-10H2,(H,18,23)(H,20,22). The average Bonchev–Trinajstić information content (AvgIpc) is 3.29. The van der Waals surface area contributed by atoms with E-state index in [1.54, 1.807) is 18.3 Å². The summed E-state index contributed by atoms with van der Waals surface area (Å²) >= 11 is 0. The lowest BCUT2D eigenvalue weighted by Gasteiger charge is -2.16. The summed E-state index contributed by atoms with van der Waals surface area (Å²) in [6.45, 7) is 2.31. The van der Waals surface area contributed by atoms with Gasteiger partial charge in [0.1, 0.15) is 5.82 Å². The number of hydrogen-bond acceptors (Lipinski definition) is 5. The van der Waals surface area contributed by atoms with Gasteiger partial charge in [-0.15, -0.1) is 0 Å². The largest absolute Gasteiger partial charge is 0.459 e. The van der Waals surface area contributed by atoms with E-state index in [1.165, 1.54) is 19.1 Å². The number of hydrogen-bond donors (Lipinski definition) is 2. The van der Waals surface area contributed by atoms with Crippen molar-refractivity contribution in [1.29, 1.82) is 0 Å². The smallest absolute Gasteiger partial charge is 0.286 e. The van der Waals surface area contributed by atoms with E-state index in [9.17, 15) is 9.59 Å². The number of nitrogens with one attached hydrogen (secondary N) is 2. The van der Waals surface area contributed by atoms with Crippen molar-refractivity contribution in [2.24, 2.45) is 0 Å². The molecule has 0 aliphatic carbocycles. The third-order valence-electron chi connectivity index (χ3n) is 3.84. The second-order valence-corrected chi connectivity index (χ2v) is 5.63. The van der Waals surface area contributed by atoms with E-state index in [0.29, 0.717) is 5.69 Å². The fourth-order valence-electron chi connectivity index (χ4n) is 2.60. The Balaban J connectivity index is 1.42. The summed E-state index contributed by atoms with van der Waals surface area (Å²) in [5.41, 5.74) is 0.653. The molecule has 3 heterocycles. The van der Waals surface area contributed by atoms with E-state index in [0.717, 1.165) is 18.9 Å². The first-order chi connectivity index (χ1) is 11.7. The number of rotatable bonds is 6. The van der Waals surface area contributed by atoms with Crippen LogP contribution in [0.3, 0.4) is 0 Å². The van der Waals surface area contributed by atoms with Crippen molar-refractivity contribution in [2.45, 2.75) is 19.3 Å². The van der Waals surface area contributed by atoms with Crippen LogP contribution in [0, 0.1) is 0 Å². The fraction of sp³-hybridized carbons (Fsp3) is 0.353. The molecule has 2 aromatic rings. The maximum absolute atomic E-state index is 11.9. The van der Waals surface area contributed by atoms with E-state index in [1.807, 2.05) is 12.1 Å². The van der Waals surface area contributed by atoms with Gasteiger partial charge in [0, 0.05) is 26.1 Å². The van der Waals surface area contributed by atoms with Crippen molar-refractivity contribution in [2.75, 3.05) is 29.9 Å². The van der Waals surface area contributed by atoms with Crippen LogP contribution in [0.15, 0.2) is 41.1 Å². The van der Waals surface area contributed by atoms with Gasteiger partial charge in [0.05, 0.1) is 18.1 Å². The molecule has 1 fully saturated rings. The van der Waals surface area contributed by atoms with Crippen molar-refractivity contribution < 1.29 is 14.0 Å². The summed E-state index contributed by atoms with van der Waals surface area (Å²) < 4.78 is 4.98. The van der Waals surface area contributed by atoms with Crippen molar-refractivity contribution in [3.8, 4) is 0 Å². The Hall–Kier alpha value is -2.83. The van der Waals surface area contributed by atoms with E-state index < -0.39 is 0 Å². The molecule has 3 rings (SSSR count). The number of amides is 2. The van der Waals surface area contributed by atoms with E-state index >= 15 is 0 Å². The second-order valence-electron chi connectivity index (χ2n) is 5.63. The minimum absolute atomic E-state index is 0.175. The Morgan fingerprint density at radius 1 is 1.21 bits per heavy atom. The fourth-order valence-corrected chi connectivity index (χ4v) is 2.60. The van der Waals surface area contributed by atoms with Gasteiger partial charge in [-0.1, -0.05) is 0 Å². The predicted octanol–water partition coefficient (Wildman–Crippen LogP) is 2.03. The Morgan fingerprint density at radius 2 is 2.04 bits per heavy atom. The lowest BCUT2D eigenvalue weighted by molar-refractivity contribution is -0.116. The molecule has 0 bridgehead atoms. The topological polar surface area (TPSA) is 87.5 Å². The van der Waals surface area contributed by atoms with Crippen molar-refractivity contribution in [3.63, 3.8) is 0 Å². The van der Waals surface area contributed by atoms with Gasteiger partial charge in [0.15, 0.2) is 5.76 Å². The SMILES string of the molecule is O=C(CCNC(=O)c1ccco1)Nc1ccc(N2CCCC2)nc1. The molecule has 2 amide bonds. The Labute approximate surface area is 140 Å². The van der Waals surface area contributed by atoms with Gasteiger partial charge in [-0.3, -0.25) is 9.59 Å². The quantitative estimate of drug-likeness (QED) is 0.847. The van der Waals surface area contributed by atoms with Gasteiger partial charge >= 0.3 is 0 Å². The third-order valence-corrected chi connectivity index (χ3v) is 3.84. The van der Waals surface area contributed by atoms with E-state index in [-0.39, 0.29) is 30.5 Å². The van der Waals surface area contributed by atoms with Crippen LogP contribution in [0.2, 0.25) is 0 Å². The molecule has 2 N–H and O–H groups in total. The van der Waals surface area contributed by atoms with Gasteiger partial charge in [-0.05, 0) is 37.1 Å². The first-order valence-corrected chi connectivity index (χ1v) is 8.05. The van der Waals surface area contributed by atoms with Gasteiger partial charge < -0.3 is 20.0 Å². The molecule has 126 valence electrons. The molecule has 7 nitrogen and oxygen atoms in total. The van der Waals surface area contributed by atoms with E-state index in [4.69, 9.17) is 4.42 Å². The van der Waals surface area contributed by atoms with Crippen LogP contribution >= 0.6 is 0 Å². The lowest BCUT2D eigenvalue weighted by atomic mass is 10.3. The molecule has 0 aromatic carbocycles. The highest BCUT2D eigenvalue weighted by molar-refractivity contribution is 5.93. The van der Waals surface area contributed by atoms with Crippen molar-refractivity contribution >= 4 is 23.3 Å². The van der Waals surface area contributed by atoms with Crippen LogP contribution in [-0.2, 0) is 4.79 Å².